The smallest absolute Gasteiger partial charge is 0.325 e. The zero-order valence-corrected chi connectivity index (χ0v) is 15.4. The summed E-state index contributed by atoms with van der Waals surface area (Å²) in [7, 11) is 1.99. The number of carboxylic acid groups (broad SMARTS) is 1. The van der Waals surface area contributed by atoms with Crippen LogP contribution in [0.2, 0.25) is 0 Å². The van der Waals surface area contributed by atoms with Crippen LogP contribution in [-0.2, 0) is 18.4 Å². The van der Waals surface area contributed by atoms with Gasteiger partial charge in [-0.25, -0.2) is 4.98 Å². The van der Waals surface area contributed by atoms with Gasteiger partial charge in [0, 0.05) is 45.6 Å². The topological polar surface area (TPSA) is 80.1 Å². The lowest BCUT2D eigenvalue weighted by atomic mass is 10.0. The zero-order valence-electron chi connectivity index (χ0n) is 15.4. The molecule has 0 radical (unpaired) electrons. The third-order valence-corrected chi connectivity index (χ3v) is 5.17. The molecular weight excluding hydrogens is 348 g/mol. The number of fused-ring (bicyclic) bond motifs is 1. The van der Waals surface area contributed by atoms with E-state index in [4.69, 9.17) is 9.47 Å². The van der Waals surface area contributed by atoms with Crippen LogP contribution >= 0.6 is 0 Å². The van der Waals surface area contributed by atoms with Crippen LogP contribution in [0.25, 0.3) is 0 Å². The Morgan fingerprint density at radius 3 is 2.59 bits per heavy atom. The number of aryl methyl sites for hydroxylation is 1. The van der Waals surface area contributed by atoms with Gasteiger partial charge in [-0.3, -0.25) is 14.6 Å². The molecule has 2 aliphatic heterocycles. The monoisotopic (exact) mass is 372 g/mol. The summed E-state index contributed by atoms with van der Waals surface area (Å²) in [6.07, 6.45) is 3.74. The first-order chi connectivity index (χ1) is 13.1. The number of aromatic nitrogens is 2. The summed E-state index contributed by atoms with van der Waals surface area (Å²) in [6, 6.07) is 4.74. The van der Waals surface area contributed by atoms with Gasteiger partial charge in [0.25, 0.3) is 0 Å². The highest BCUT2D eigenvalue weighted by Gasteiger charge is 2.31. The fraction of sp³-hybridized carbons (Fsp3) is 0.474. The molecule has 1 saturated heterocycles. The van der Waals surface area contributed by atoms with Gasteiger partial charge in [-0.2, -0.15) is 0 Å². The van der Waals surface area contributed by atoms with E-state index in [0.717, 1.165) is 31.0 Å². The number of carbonyl (C=O) groups is 1. The number of imidazole rings is 1. The number of aliphatic carboxylic acids is 1. The molecule has 0 saturated carbocycles. The van der Waals surface area contributed by atoms with Crippen LogP contribution in [0.5, 0.6) is 11.5 Å². The minimum atomic E-state index is -0.843. The van der Waals surface area contributed by atoms with E-state index in [1.807, 2.05) is 28.8 Å². The van der Waals surface area contributed by atoms with E-state index >= 15 is 0 Å². The molecule has 2 aromatic rings. The zero-order chi connectivity index (χ0) is 18.8. The number of hydrogen-bond donors (Lipinski definition) is 1. The second kappa shape index (κ2) is 7.58. The van der Waals surface area contributed by atoms with Gasteiger partial charge in [-0.15, -0.1) is 0 Å². The van der Waals surface area contributed by atoms with Crippen molar-refractivity contribution in [2.45, 2.75) is 12.6 Å². The van der Waals surface area contributed by atoms with E-state index in [-0.39, 0.29) is 0 Å². The SMILES string of the molecule is Cn1ccnc1CN1CCN([C@H](C(=O)O)c2ccc3c(c2)OCCO3)CC1. The van der Waals surface area contributed by atoms with E-state index in [1.165, 1.54) is 0 Å². The van der Waals surface area contributed by atoms with E-state index < -0.39 is 12.0 Å². The summed E-state index contributed by atoms with van der Waals surface area (Å²) >= 11 is 0. The van der Waals surface area contributed by atoms with Gasteiger partial charge < -0.3 is 19.1 Å². The van der Waals surface area contributed by atoms with Gasteiger partial charge in [0.15, 0.2) is 11.5 Å². The highest BCUT2D eigenvalue weighted by atomic mass is 16.6. The average Bonchev–Trinajstić information content (AvgIpc) is 3.07. The molecule has 1 N–H and O–H groups in total. The first-order valence-corrected chi connectivity index (χ1v) is 9.17. The molecule has 1 atom stereocenters. The lowest BCUT2D eigenvalue weighted by molar-refractivity contribution is -0.144. The Hall–Kier alpha value is -2.58. The number of piperazine rings is 1. The van der Waals surface area contributed by atoms with Crippen molar-refractivity contribution in [1.82, 2.24) is 19.4 Å². The van der Waals surface area contributed by atoms with Crippen molar-refractivity contribution < 1.29 is 19.4 Å². The van der Waals surface area contributed by atoms with Crippen molar-refractivity contribution in [3.8, 4) is 11.5 Å². The van der Waals surface area contributed by atoms with Gasteiger partial charge in [0.2, 0.25) is 0 Å². The van der Waals surface area contributed by atoms with Crippen molar-refractivity contribution in [2.75, 3.05) is 39.4 Å². The number of benzene rings is 1. The summed E-state index contributed by atoms with van der Waals surface area (Å²) in [6.45, 7) is 4.78. The van der Waals surface area contributed by atoms with Gasteiger partial charge >= 0.3 is 5.97 Å². The Labute approximate surface area is 157 Å². The first kappa shape index (κ1) is 17.8. The third kappa shape index (κ3) is 3.77. The number of carboxylic acids is 1. The average molecular weight is 372 g/mol. The van der Waals surface area contributed by atoms with E-state index in [0.29, 0.717) is 37.8 Å². The summed E-state index contributed by atoms with van der Waals surface area (Å²) < 4.78 is 13.2. The Morgan fingerprint density at radius 2 is 1.93 bits per heavy atom. The van der Waals surface area contributed by atoms with Crippen LogP contribution < -0.4 is 9.47 Å². The normalized spacial score (nSPS) is 19.0. The molecule has 8 nitrogen and oxygen atoms in total. The molecule has 0 bridgehead atoms. The molecule has 3 heterocycles. The van der Waals surface area contributed by atoms with Crippen LogP contribution in [0.1, 0.15) is 17.4 Å². The highest BCUT2D eigenvalue weighted by molar-refractivity contribution is 5.76. The van der Waals surface area contributed by atoms with Crippen LogP contribution in [-0.4, -0.2) is 69.8 Å². The maximum absolute atomic E-state index is 12.0. The molecule has 1 fully saturated rings. The molecule has 0 unspecified atom stereocenters. The van der Waals surface area contributed by atoms with Crippen LogP contribution in [0.4, 0.5) is 0 Å². The second-order valence-corrected chi connectivity index (χ2v) is 6.91. The van der Waals surface area contributed by atoms with E-state index in [9.17, 15) is 9.90 Å². The minimum Gasteiger partial charge on any atom is -0.486 e. The number of nitrogens with zero attached hydrogens (tertiary/aromatic N) is 4. The third-order valence-electron chi connectivity index (χ3n) is 5.17. The number of rotatable bonds is 5. The molecular formula is C19H24N4O4. The molecule has 1 aromatic carbocycles. The minimum absolute atomic E-state index is 0.486. The predicted octanol–water partition coefficient (Wildman–Crippen LogP) is 1.13. The largest absolute Gasteiger partial charge is 0.486 e. The van der Waals surface area contributed by atoms with Crippen molar-refractivity contribution >= 4 is 5.97 Å². The predicted molar refractivity (Wildman–Crippen MR) is 97.9 cm³/mol. The molecule has 27 heavy (non-hydrogen) atoms. The van der Waals surface area contributed by atoms with Crippen molar-refractivity contribution in [3.63, 3.8) is 0 Å². The Balaban J connectivity index is 1.44. The lowest BCUT2D eigenvalue weighted by Crippen LogP contribution is -2.49. The number of ether oxygens (including phenoxy) is 2. The maximum Gasteiger partial charge on any atom is 0.325 e. The number of hydrogen-bond acceptors (Lipinski definition) is 6. The molecule has 0 spiro atoms. The Morgan fingerprint density at radius 1 is 1.19 bits per heavy atom. The Bertz CT molecular complexity index is 814. The maximum atomic E-state index is 12.0. The van der Waals surface area contributed by atoms with Crippen LogP contribution in [0.3, 0.4) is 0 Å². The molecule has 2 aliphatic rings. The van der Waals surface area contributed by atoms with Crippen molar-refractivity contribution in [2.24, 2.45) is 7.05 Å². The molecule has 0 amide bonds. The first-order valence-electron chi connectivity index (χ1n) is 9.17. The van der Waals surface area contributed by atoms with Crippen LogP contribution in [0.15, 0.2) is 30.6 Å². The highest BCUT2D eigenvalue weighted by Crippen LogP contribution is 2.34. The van der Waals surface area contributed by atoms with E-state index in [2.05, 4.69) is 9.88 Å². The summed E-state index contributed by atoms with van der Waals surface area (Å²) in [4.78, 5) is 20.7. The van der Waals surface area contributed by atoms with Gasteiger partial charge in [-0.1, -0.05) is 6.07 Å². The van der Waals surface area contributed by atoms with Crippen LogP contribution in [0, 0.1) is 0 Å². The Kier molecular flexibility index (Phi) is 5.00. The molecule has 8 heteroatoms. The standard InChI is InChI=1S/C19H24N4O4/c1-21-5-4-20-17(21)13-22-6-8-23(9-7-22)18(19(24)25)14-2-3-15-16(12-14)27-11-10-26-15/h2-5,12,18H,6-11,13H2,1H3,(H,24,25)/t18-/m0/s1. The second-order valence-electron chi connectivity index (χ2n) is 6.91. The quantitative estimate of drug-likeness (QED) is 0.843. The van der Waals surface area contributed by atoms with Gasteiger partial charge in [0.1, 0.15) is 25.1 Å². The van der Waals surface area contributed by atoms with Crippen molar-refractivity contribution in [3.05, 3.63) is 42.0 Å². The van der Waals surface area contributed by atoms with Gasteiger partial charge in [-0.05, 0) is 17.7 Å². The molecule has 144 valence electrons. The summed E-state index contributed by atoms with van der Waals surface area (Å²) in [5, 5.41) is 9.85. The fourth-order valence-electron chi connectivity index (χ4n) is 3.67. The lowest BCUT2D eigenvalue weighted by Gasteiger charge is -2.37. The summed E-state index contributed by atoms with van der Waals surface area (Å²) in [5.74, 6) is 1.47. The summed E-state index contributed by atoms with van der Waals surface area (Å²) in [5.41, 5.74) is 0.726. The van der Waals surface area contributed by atoms with Crippen molar-refractivity contribution in [1.29, 1.82) is 0 Å². The van der Waals surface area contributed by atoms with E-state index in [1.54, 1.807) is 18.3 Å². The molecule has 1 aromatic heterocycles. The molecule has 4 rings (SSSR count). The molecule has 0 aliphatic carbocycles. The fourth-order valence-corrected chi connectivity index (χ4v) is 3.67. The van der Waals surface area contributed by atoms with Gasteiger partial charge in [0.05, 0.1) is 6.54 Å².